The van der Waals surface area contributed by atoms with Crippen LogP contribution < -0.4 is 10.1 Å². The van der Waals surface area contributed by atoms with E-state index in [4.69, 9.17) is 32.4 Å². The molecule has 5 nitrogen and oxygen atoms in total. The number of carbonyl (C=O) groups excluding carboxylic acids is 1. The van der Waals surface area contributed by atoms with Crippen LogP contribution in [0.15, 0.2) is 68.9 Å². The lowest BCUT2D eigenvalue weighted by atomic mass is 10.2. The molecule has 0 saturated carbocycles. The highest BCUT2D eigenvalue weighted by Gasteiger charge is 2.24. The highest BCUT2D eigenvalue weighted by Crippen LogP contribution is 2.34. The molecule has 0 spiro atoms. The minimum Gasteiger partial charge on any atom is -0.494 e. The summed E-state index contributed by atoms with van der Waals surface area (Å²) in [7, 11) is 1.57. The van der Waals surface area contributed by atoms with Crippen LogP contribution in [-0.2, 0) is 4.79 Å². The fourth-order valence-electron chi connectivity index (χ4n) is 2.70. The number of rotatable bonds is 4. The first-order chi connectivity index (χ1) is 14.0. The van der Waals surface area contributed by atoms with Crippen LogP contribution in [0.25, 0.3) is 17.4 Å². The van der Waals surface area contributed by atoms with Crippen LogP contribution in [0, 0.1) is 0 Å². The number of thioether (sulfide) groups is 1. The van der Waals surface area contributed by atoms with Crippen molar-refractivity contribution in [2.45, 2.75) is 0 Å². The Morgan fingerprint density at radius 2 is 1.97 bits per heavy atom. The maximum atomic E-state index is 12.3. The molecule has 8 heteroatoms. The monoisotopic (exact) mass is 444 g/mol. The number of benzene rings is 2. The van der Waals surface area contributed by atoms with Gasteiger partial charge in [-0.05, 0) is 54.2 Å². The zero-order valence-electron chi connectivity index (χ0n) is 15.1. The van der Waals surface area contributed by atoms with E-state index in [9.17, 15) is 4.79 Å². The lowest BCUT2D eigenvalue weighted by Gasteiger charge is -2.03. The Hall–Kier alpha value is -2.67. The molecule has 0 aliphatic carbocycles. The number of halogens is 2. The Kier molecular flexibility index (Phi) is 5.67. The molecular formula is C21H14Cl2N2O3S. The molecule has 29 heavy (non-hydrogen) atoms. The van der Waals surface area contributed by atoms with Crippen molar-refractivity contribution in [1.29, 1.82) is 0 Å². The number of aliphatic imine (C=N–C) groups is 1. The lowest BCUT2D eigenvalue weighted by Crippen LogP contribution is -2.19. The summed E-state index contributed by atoms with van der Waals surface area (Å²) in [4.78, 5) is 17.3. The van der Waals surface area contributed by atoms with Crippen molar-refractivity contribution in [3.05, 3.63) is 75.3 Å². The molecule has 1 aliphatic heterocycles. The Bertz CT molecular complexity index is 1150. The number of ether oxygens (including phenoxy) is 1. The quantitative estimate of drug-likeness (QED) is 0.489. The minimum atomic E-state index is -0.248. The number of nitrogens with zero attached hydrogens (tertiary/aromatic N) is 1. The highest BCUT2D eigenvalue weighted by atomic mass is 35.5. The summed E-state index contributed by atoms with van der Waals surface area (Å²) in [5, 5.41) is 4.31. The number of furan rings is 1. The number of hydrogen-bond donors (Lipinski definition) is 1. The maximum absolute atomic E-state index is 12.3. The molecular weight excluding hydrogens is 431 g/mol. The summed E-state index contributed by atoms with van der Waals surface area (Å²) in [6.07, 6.45) is 1.66. The third kappa shape index (κ3) is 4.34. The summed E-state index contributed by atoms with van der Waals surface area (Å²) in [5.74, 6) is 1.46. The van der Waals surface area contributed by atoms with Crippen LogP contribution in [0.1, 0.15) is 5.76 Å². The maximum Gasteiger partial charge on any atom is 0.264 e. The molecule has 1 fully saturated rings. The van der Waals surface area contributed by atoms with Gasteiger partial charge in [0.05, 0.1) is 17.0 Å². The largest absolute Gasteiger partial charge is 0.494 e. The van der Waals surface area contributed by atoms with Crippen molar-refractivity contribution in [3.63, 3.8) is 0 Å². The number of hydrogen-bond acceptors (Lipinski definition) is 5. The van der Waals surface area contributed by atoms with E-state index in [-0.39, 0.29) is 5.91 Å². The van der Waals surface area contributed by atoms with Crippen LogP contribution in [0.3, 0.4) is 0 Å². The van der Waals surface area contributed by atoms with E-state index in [1.165, 1.54) is 11.8 Å². The molecule has 1 aliphatic rings. The summed E-state index contributed by atoms with van der Waals surface area (Å²) in [6.45, 7) is 0. The average molecular weight is 445 g/mol. The Balaban J connectivity index is 1.58. The number of para-hydroxylation sites is 2. The van der Waals surface area contributed by atoms with Gasteiger partial charge < -0.3 is 14.5 Å². The molecule has 2 heterocycles. The van der Waals surface area contributed by atoms with Gasteiger partial charge in [0.15, 0.2) is 5.17 Å². The van der Waals surface area contributed by atoms with Gasteiger partial charge in [-0.15, -0.1) is 0 Å². The molecule has 0 unspecified atom stereocenters. The molecule has 4 rings (SSSR count). The van der Waals surface area contributed by atoms with Gasteiger partial charge >= 0.3 is 0 Å². The first kappa shape index (κ1) is 19.6. The smallest absolute Gasteiger partial charge is 0.264 e. The zero-order chi connectivity index (χ0) is 20.4. The Morgan fingerprint density at radius 1 is 1.14 bits per heavy atom. The molecule has 3 aromatic rings. The van der Waals surface area contributed by atoms with Crippen LogP contribution in [0.5, 0.6) is 5.75 Å². The van der Waals surface area contributed by atoms with E-state index in [1.807, 2.05) is 24.3 Å². The fraction of sp³-hybridized carbons (Fsp3) is 0.0476. The number of amidine groups is 1. The van der Waals surface area contributed by atoms with Gasteiger partial charge in [0.2, 0.25) is 0 Å². The minimum absolute atomic E-state index is 0.248. The standard InChI is InChI=1S/C21H14Cl2N2O3S/c1-27-18-5-3-2-4-16(18)24-21-25-20(26)19(29-21)11-13-7-9-17(28-13)14-10-12(22)6-8-15(14)23/h2-11H,1H3,(H,24,25,26)/b19-11+. The third-order valence-corrected chi connectivity index (χ3v) is 5.53. The Morgan fingerprint density at radius 3 is 2.79 bits per heavy atom. The molecule has 2 aromatic carbocycles. The van der Waals surface area contributed by atoms with E-state index < -0.39 is 0 Å². The Labute approximate surface area is 181 Å². The van der Waals surface area contributed by atoms with E-state index in [2.05, 4.69) is 10.3 Å². The second-order valence-electron chi connectivity index (χ2n) is 5.98. The highest BCUT2D eigenvalue weighted by molar-refractivity contribution is 8.18. The van der Waals surface area contributed by atoms with Crippen molar-refractivity contribution in [1.82, 2.24) is 5.32 Å². The van der Waals surface area contributed by atoms with Gasteiger partial charge in [0.25, 0.3) is 5.91 Å². The topological polar surface area (TPSA) is 63.8 Å². The number of nitrogens with one attached hydrogen (secondary N) is 1. The second kappa shape index (κ2) is 8.37. The lowest BCUT2D eigenvalue weighted by molar-refractivity contribution is -0.115. The second-order valence-corrected chi connectivity index (χ2v) is 7.85. The normalized spacial score (nSPS) is 16.4. The number of carbonyl (C=O) groups is 1. The summed E-state index contributed by atoms with van der Waals surface area (Å²) in [5.41, 5.74) is 1.32. The predicted molar refractivity (Wildman–Crippen MR) is 118 cm³/mol. The first-order valence-electron chi connectivity index (χ1n) is 8.51. The van der Waals surface area contributed by atoms with Gasteiger partial charge in [0.1, 0.15) is 23.0 Å². The zero-order valence-corrected chi connectivity index (χ0v) is 17.4. The van der Waals surface area contributed by atoms with Gasteiger partial charge in [-0.3, -0.25) is 4.79 Å². The van der Waals surface area contributed by atoms with E-state index in [1.54, 1.807) is 43.5 Å². The van der Waals surface area contributed by atoms with Crippen molar-refractivity contribution in [3.8, 4) is 17.1 Å². The van der Waals surface area contributed by atoms with Gasteiger partial charge in [-0.25, -0.2) is 4.99 Å². The first-order valence-corrected chi connectivity index (χ1v) is 10.1. The molecule has 146 valence electrons. The molecule has 1 N–H and O–H groups in total. The van der Waals surface area contributed by atoms with E-state index >= 15 is 0 Å². The van der Waals surface area contributed by atoms with Gasteiger partial charge in [-0.1, -0.05) is 35.3 Å². The molecule has 1 amide bonds. The van der Waals surface area contributed by atoms with Crippen molar-refractivity contribution >= 4 is 57.8 Å². The van der Waals surface area contributed by atoms with Crippen LogP contribution in [-0.4, -0.2) is 18.2 Å². The van der Waals surface area contributed by atoms with Crippen LogP contribution in [0.2, 0.25) is 10.0 Å². The number of methoxy groups -OCH3 is 1. The molecule has 0 atom stereocenters. The summed E-state index contributed by atoms with van der Waals surface area (Å²) < 4.78 is 11.1. The van der Waals surface area contributed by atoms with E-state index in [0.717, 1.165) is 0 Å². The number of amides is 1. The SMILES string of the molecule is COc1ccccc1N=C1NC(=O)/C(=C\c2ccc(-c3cc(Cl)ccc3Cl)o2)S1. The average Bonchev–Trinajstić information content (AvgIpc) is 3.31. The molecule has 1 aromatic heterocycles. The van der Waals surface area contributed by atoms with Crippen LogP contribution in [0.4, 0.5) is 5.69 Å². The van der Waals surface area contributed by atoms with E-state index in [0.29, 0.717) is 48.6 Å². The molecule has 1 saturated heterocycles. The summed E-state index contributed by atoms with van der Waals surface area (Å²) >= 11 is 13.5. The molecule has 0 bridgehead atoms. The fourth-order valence-corrected chi connectivity index (χ4v) is 3.90. The van der Waals surface area contributed by atoms with Gasteiger partial charge in [0, 0.05) is 16.7 Å². The van der Waals surface area contributed by atoms with Crippen molar-refractivity contribution < 1.29 is 13.9 Å². The van der Waals surface area contributed by atoms with Gasteiger partial charge in [-0.2, -0.15) is 0 Å². The third-order valence-electron chi connectivity index (χ3n) is 4.05. The van der Waals surface area contributed by atoms with Crippen molar-refractivity contribution in [2.75, 3.05) is 7.11 Å². The molecule has 0 radical (unpaired) electrons. The van der Waals surface area contributed by atoms with Crippen molar-refractivity contribution in [2.24, 2.45) is 4.99 Å². The predicted octanol–water partition coefficient (Wildman–Crippen LogP) is 6.15. The summed E-state index contributed by atoms with van der Waals surface area (Å²) in [6, 6.07) is 16.0. The van der Waals surface area contributed by atoms with Crippen LogP contribution >= 0.6 is 35.0 Å².